The lowest BCUT2D eigenvalue weighted by Crippen LogP contribution is -2.41. The zero-order valence-electron chi connectivity index (χ0n) is 15.9. The molecule has 1 saturated heterocycles. The van der Waals surface area contributed by atoms with E-state index in [1.165, 1.54) is 16.4 Å². The first-order valence-corrected chi connectivity index (χ1v) is 10.3. The molecule has 1 aromatic heterocycles. The van der Waals surface area contributed by atoms with Crippen LogP contribution in [0, 0.1) is 19.7 Å². The van der Waals surface area contributed by atoms with Gasteiger partial charge in [0.05, 0.1) is 31.3 Å². The molecule has 1 aromatic carbocycles. The zero-order valence-corrected chi connectivity index (χ0v) is 16.7. The van der Waals surface area contributed by atoms with Crippen molar-refractivity contribution in [2.45, 2.75) is 32.0 Å². The number of ether oxygens (including phenoxy) is 1. The minimum atomic E-state index is -3.60. The number of hydrogen-bond donors (Lipinski definition) is 0. The van der Waals surface area contributed by atoms with E-state index in [1.54, 1.807) is 24.6 Å². The molecule has 0 saturated carbocycles. The fraction of sp³-hybridized carbons (Fsp3) is 0.500. The number of benzene rings is 1. The highest BCUT2D eigenvalue weighted by molar-refractivity contribution is 7.89. The Morgan fingerprint density at radius 1 is 1.26 bits per heavy atom. The first kappa shape index (κ1) is 19.9. The fourth-order valence-electron chi connectivity index (χ4n) is 3.33. The summed E-state index contributed by atoms with van der Waals surface area (Å²) in [5.74, 6) is -0.272. The molecule has 0 radical (unpaired) electrons. The average Bonchev–Trinajstić information content (AvgIpc) is 2.89. The third-order valence-corrected chi connectivity index (χ3v) is 6.75. The minimum Gasteiger partial charge on any atom is -0.379 e. The van der Waals surface area contributed by atoms with Crippen molar-refractivity contribution in [2.75, 3.05) is 33.4 Å². The van der Waals surface area contributed by atoms with Crippen LogP contribution in [-0.4, -0.2) is 60.8 Å². The molecule has 0 amide bonds. The minimum absolute atomic E-state index is 0.267. The molecule has 0 bridgehead atoms. The van der Waals surface area contributed by atoms with Crippen LogP contribution in [0.5, 0.6) is 0 Å². The van der Waals surface area contributed by atoms with Gasteiger partial charge < -0.3 is 4.74 Å². The number of halogens is 1. The maximum absolute atomic E-state index is 13.4. The summed E-state index contributed by atoms with van der Waals surface area (Å²) >= 11 is 0. The van der Waals surface area contributed by atoms with Gasteiger partial charge in [-0.3, -0.25) is 9.58 Å². The standard InChI is InChI=1S/C18H25FN4O3S/c1-14-18(27(24,25)22-7-9-26-10-8-22)15(2)23(20-14)13-21(3)12-16-5-4-6-17(19)11-16/h4-6,11H,7-10,12-13H2,1-3H3. The van der Waals surface area contributed by atoms with E-state index in [9.17, 15) is 12.8 Å². The molecule has 0 aliphatic carbocycles. The third-order valence-electron chi connectivity index (χ3n) is 4.60. The number of morpholine rings is 1. The van der Waals surface area contributed by atoms with Crippen molar-refractivity contribution in [2.24, 2.45) is 0 Å². The molecule has 0 spiro atoms. The molecule has 27 heavy (non-hydrogen) atoms. The van der Waals surface area contributed by atoms with Crippen LogP contribution in [-0.2, 0) is 28.0 Å². The molecule has 0 N–H and O–H groups in total. The van der Waals surface area contributed by atoms with Gasteiger partial charge in [0.1, 0.15) is 10.7 Å². The van der Waals surface area contributed by atoms with Gasteiger partial charge in [0.25, 0.3) is 0 Å². The predicted molar refractivity (Wildman–Crippen MR) is 99.1 cm³/mol. The summed E-state index contributed by atoms with van der Waals surface area (Å²) in [4.78, 5) is 2.22. The smallest absolute Gasteiger partial charge is 0.246 e. The van der Waals surface area contributed by atoms with Crippen molar-refractivity contribution in [3.63, 3.8) is 0 Å². The van der Waals surface area contributed by atoms with Crippen LogP contribution in [0.25, 0.3) is 0 Å². The number of nitrogens with zero attached hydrogens (tertiary/aromatic N) is 4. The Morgan fingerprint density at radius 2 is 1.96 bits per heavy atom. The van der Waals surface area contributed by atoms with Gasteiger partial charge in [0.15, 0.2) is 0 Å². The molecule has 0 unspecified atom stereocenters. The van der Waals surface area contributed by atoms with Crippen LogP contribution in [0.15, 0.2) is 29.2 Å². The van der Waals surface area contributed by atoms with Crippen molar-refractivity contribution >= 4 is 10.0 Å². The van der Waals surface area contributed by atoms with Crippen LogP contribution in [0.3, 0.4) is 0 Å². The van der Waals surface area contributed by atoms with E-state index in [2.05, 4.69) is 5.10 Å². The molecule has 1 aliphatic heterocycles. The van der Waals surface area contributed by atoms with E-state index in [1.807, 2.05) is 18.0 Å². The zero-order chi connectivity index (χ0) is 19.6. The van der Waals surface area contributed by atoms with Gasteiger partial charge in [0, 0.05) is 19.6 Å². The highest BCUT2D eigenvalue weighted by Crippen LogP contribution is 2.24. The highest BCUT2D eigenvalue weighted by Gasteiger charge is 2.32. The maximum atomic E-state index is 13.4. The normalized spacial score (nSPS) is 16.2. The summed E-state index contributed by atoms with van der Waals surface area (Å²) in [6, 6.07) is 6.43. The van der Waals surface area contributed by atoms with E-state index in [4.69, 9.17) is 4.74 Å². The van der Waals surface area contributed by atoms with Gasteiger partial charge in [-0.15, -0.1) is 0 Å². The Morgan fingerprint density at radius 3 is 2.63 bits per heavy atom. The molecule has 9 heteroatoms. The Labute approximate surface area is 159 Å². The van der Waals surface area contributed by atoms with Crippen LogP contribution >= 0.6 is 0 Å². The van der Waals surface area contributed by atoms with Gasteiger partial charge in [-0.2, -0.15) is 9.40 Å². The number of rotatable bonds is 6. The van der Waals surface area contributed by atoms with Crippen molar-refractivity contribution in [3.05, 3.63) is 47.0 Å². The first-order chi connectivity index (χ1) is 12.8. The van der Waals surface area contributed by atoms with Crippen molar-refractivity contribution in [1.82, 2.24) is 19.0 Å². The van der Waals surface area contributed by atoms with Crippen LogP contribution in [0.2, 0.25) is 0 Å². The quantitative estimate of drug-likeness (QED) is 0.744. The average molecular weight is 396 g/mol. The largest absolute Gasteiger partial charge is 0.379 e. The van der Waals surface area contributed by atoms with Gasteiger partial charge in [-0.25, -0.2) is 12.8 Å². The van der Waals surface area contributed by atoms with E-state index in [0.29, 0.717) is 50.9 Å². The number of hydrogen-bond acceptors (Lipinski definition) is 5. The SMILES string of the molecule is Cc1nn(CN(C)Cc2cccc(F)c2)c(C)c1S(=O)(=O)N1CCOCC1. The van der Waals surface area contributed by atoms with Gasteiger partial charge in [-0.1, -0.05) is 12.1 Å². The molecule has 1 fully saturated rings. The second-order valence-electron chi connectivity index (χ2n) is 6.80. The Balaban J connectivity index is 1.79. The summed E-state index contributed by atoms with van der Waals surface area (Å²) in [5, 5.41) is 4.43. The van der Waals surface area contributed by atoms with Crippen LogP contribution in [0.1, 0.15) is 17.0 Å². The summed E-state index contributed by atoms with van der Waals surface area (Å²) in [6.07, 6.45) is 0. The summed E-state index contributed by atoms with van der Waals surface area (Å²) in [7, 11) is -1.71. The molecule has 1 aliphatic rings. The molecule has 148 valence electrons. The van der Waals surface area contributed by atoms with Gasteiger partial charge >= 0.3 is 0 Å². The van der Waals surface area contributed by atoms with E-state index < -0.39 is 10.0 Å². The van der Waals surface area contributed by atoms with Crippen molar-refractivity contribution in [1.29, 1.82) is 0 Å². The lowest BCUT2D eigenvalue weighted by molar-refractivity contribution is 0.0730. The molecule has 7 nitrogen and oxygen atoms in total. The molecule has 2 heterocycles. The lowest BCUT2D eigenvalue weighted by Gasteiger charge is -2.26. The summed E-state index contributed by atoms with van der Waals surface area (Å²) in [6.45, 7) is 5.93. The van der Waals surface area contributed by atoms with E-state index in [0.717, 1.165) is 5.56 Å². The monoisotopic (exact) mass is 396 g/mol. The second kappa shape index (κ2) is 8.05. The topological polar surface area (TPSA) is 67.7 Å². The first-order valence-electron chi connectivity index (χ1n) is 8.84. The predicted octanol–water partition coefficient (Wildman–Crippen LogP) is 1.75. The van der Waals surface area contributed by atoms with Gasteiger partial charge in [-0.05, 0) is 38.6 Å². The molecule has 2 aromatic rings. The lowest BCUT2D eigenvalue weighted by atomic mass is 10.2. The fourth-order valence-corrected chi connectivity index (χ4v) is 5.11. The molecular weight excluding hydrogens is 371 g/mol. The van der Waals surface area contributed by atoms with Crippen molar-refractivity contribution in [3.8, 4) is 0 Å². The third kappa shape index (κ3) is 4.37. The van der Waals surface area contributed by atoms with E-state index in [-0.39, 0.29) is 10.7 Å². The highest BCUT2D eigenvalue weighted by atomic mass is 32.2. The van der Waals surface area contributed by atoms with Crippen LogP contribution < -0.4 is 0 Å². The number of aryl methyl sites for hydroxylation is 1. The number of aromatic nitrogens is 2. The van der Waals surface area contributed by atoms with Crippen molar-refractivity contribution < 1.29 is 17.5 Å². The van der Waals surface area contributed by atoms with Gasteiger partial charge in [0.2, 0.25) is 10.0 Å². The Hall–Kier alpha value is -1.81. The van der Waals surface area contributed by atoms with Crippen LogP contribution in [0.4, 0.5) is 4.39 Å². The second-order valence-corrected chi connectivity index (χ2v) is 8.68. The molecule has 3 rings (SSSR count). The number of sulfonamides is 1. The summed E-state index contributed by atoms with van der Waals surface area (Å²) < 4.78 is 47.8. The Kier molecular flexibility index (Phi) is 5.95. The molecular formula is C18H25FN4O3S. The van der Waals surface area contributed by atoms with E-state index >= 15 is 0 Å². The summed E-state index contributed by atoms with van der Waals surface area (Å²) in [5.41, 5.74) is 1.93. The molecule has 0 atom stereocenters. The maximum Gasteiger partial charge on any atom is 0.246 e. The Bertz CT molecular complexity index is 907.